The van der Waals surface area contributed by atoms with E-state index in [0.717, 1.165) is 48.8 Å². The van der Waals surface area contributed by atoms with Crippen LogP contribution >= 0.6 is 23.1 Å². The maximum Gasteiger partial charge on any atom is 0.263 e. The fourth-order valence-corrected chi connectivity index (χ4v) is 7.70. The van der Waals surface area contributed by atoms with Crippen LogP contribution in [-0.2, 0) is 16.6 Å². The molecule has 2 aliphatic heterocycles. The Morgan fingerprint density at radius 1 is 1.10 bits per heavy atom. The van der Waals surface area contributed by atoms with E-state index < -0.39 is 10.0 Å². The summed E-state index contributed by atoms with van der Waals surface area (Å²) >= 11 is 2.92. The number of nitrogens with zero attached hydrogens (tertiary/aromatic N) is 3. The second-order valence-corrected chi connectivity index (χ2v) is 11.4. The third-order valence-corrected chi connectivity index (χ3v) is 9.31. The number of carbonyl (C=O) groups excluding carboxylic acids is 1. The van der Waals surface area contributed by atoms with Gasteiger partial charge in [-0.05, 0) is 36.8 Å². The highest BCUT2D eigenvalue weighted by Gasteiger charge is 2.31. The molecule has 162 valence electrons. The third kappa shape index (κ3) is 4.66. The van der Waals surface area contributed by atoms with Crippen molar-refractivity contribution < 1.29 is 13.2 Å². The molecule has 0 bridgehead atoms. The molecule has 0 unspecified atom stereocenters. The van der Waals surface area contributed by atoms with Gasteiger partial charge < -0.3 is 10.2 Å². The zero-order valence-electron chi connectivity index (χ0n) is 16.7. The van der Waals surface area contributed by atoms with Crippen LogP contribution in [0.15, 0.2) is 34.7 Å². The predicted octanol–water partition coefficient (Wildman–Crippen LogP) is 2.80. The van der Waals surface area contributed by atoms with Gasteiger partial charge in [0.25, 0.3) is 5.91 Å². The van der Waals surface area contributed by atoms with Gasteiger partial charge in [-0.3, -0.25) is 4.79 Å². The number of hydrogen-bond donors (Lipinski definition) is 1. The fraction of sp³-hybridized carbons (Fsp3) is 0.500. The van der Waals surface area contributed by atoms with Crippen molar-refractivity contribution in [1.82, 2.24) is 14.6 Å². The molecule has 0 radical (unpaired) electrons. The van der Waals surface area contributed by atoms with Gasteiger partial charge in [0.15, 0.2) is 0 Å². The number of amides is 1. The van der Waals surface area contributed by atoms with Crippen LogP contribution in [0.5, 0.6) is 0 Å². The molecule has 0 saturated carbocycles. The second-order valence-electron chi connectivity index (χ2n) is 7.35. The van der Waals surface area contributed by atoms with Crippen LogP contribution in [0, 0.1) is 0 Å². The molecule has 30 heavy (non-hydrogen) atoms. The molecule has 4 heterocycles. The Kier molecular flexibility index (Phi) is 6.97. The van der Waals surface area contributed by atoms with E-state index >= 15 is 0 Å². The molecule has 0 spiro atoms. The Morgan fingerprint density at radius 2 is 1.87 bits per heavy atom. The second kappa shape index (κ2) is 9.67. The van der Waals surface area contributed by atoms with E-state index in [0.29, 0.717) is 19.6 Å². The molecule has 2 fully saturated rings. The van der Waals surface area contributed by atoms with Crippen LogP contribution in [0.2, 0.25) is 0 Å². The summed E-state index contributed by atoms with van der Waals surface area (Å²) < 4.78 is 27.6. The van der Waals surface area contributed by atoms with E-state index in [-0.39, 0.29) is 15.7 Å². The summed E-state index contributed by atoms with van der Waals surface area (Å²) in [6, 6.07) is 5.37. The van der Waals surface area contributed by atoms with Gasteiger partial charge in [-0.25, -0.2) is 13.4 Å². The SMILES string of the molecule is O=C(NCc1cccnc1N1CCCCC1)c1sccc1S(=O)(=O)N1CCSCC1. The molecular weight excluding hydrogens is 440 g/mol. The van der Waals surface area contributed by atoms with Gasteiger partial charge in [-0.2, -0.15) is 16.1 Å². The van der Waals surface area contributed by atoms with Crippen molar-refractivity contribution in [2.24, 2.45) is 0 Å². The lowest BCUT2D eigenvalue weighted by Gasteiger charge is -2.29. The molecule has 4 rings (SSSR count). The molecule has 0 atom stereocenters. The van der Waals surface area contributed by atoms with Crippen molar-refractivity contribution in [3.63, 3.8) is 0 Å². The highest BCUT2D eigenvalue weighted by atomic mass is 32.2. The van der Waals surface area contributed by atoms with Crippen LogP contribution in [0.4, 0.5) is 5.82 Å². The first-order valence-corrected chi connectivity index (χ1v) is 13.7. The Morgan fingerprint density at radius 3 is 2.63 bits per heavy atom. The van der Waals surface area contributed by atoms with Crippen molar-refractivity contribution in [1.29, 1.82) is 0 Å². The van der Waals surface area contributed by atoms with Crippen molar-refractivity contribution in [3.8, 4) is 0 Å². The Hall–Kier alpha value is -1.62. The molecule has 7 nitrogen and oxygen atoms in total. The van der Waals surface area contributed by atoms with Gasteiger partial charge in [0, 0.05) is 56.0 Å². The lowest BCUT2D eigenvalue weighted by molar-refractivity contribution is 0.0952. The number of thiophene rings is 1. The van der Waals surface area contributed by atoms with E-state index in [4.69, 9.17) is 0 Å². The molecule has 10 heteroatoms. The lowest BCUT2D eigenvalue weighted by Crippen LogP contribution is -2.38. The summed E-state index contributed by atoms with van der Waals surface area (Å²) in [7, 11) is -3.65. The molecule has 1 N–H and O–H groups in total. The van der Waals surface area contributed by atoms with Gasteiger partial charge in [0.1, 0.15) is 15.6 Å². The first kappa shape index (κ1) is 21.6. The Labute approximate surface area is 185 Å². The average Bonchev–Trinajstić information content (AvgIpc) is 3.30. The molecule has 0 aliphatic carbocycles. The Bertz CT molecular complexity index is 981. The standard InChI is InChI=1S/C20H26N4O3S3/c25-20(18-17(6-12-29-18)30(26,27)24-10-13-28-14-11-24)22-15-16-5-4-7-21-19(16)23-8-2-1-3-9-23/h4-7,12H,1-3,8-11,13-15H2,(H,22,25). The maximum atomic E-state index is 13.0. The van der Waals surface area contributed by atoms with Gasteiger partial charge in [-0.1, -0.05) is 6.07 Å². The number of rotatable bonds is 6. The number of hydrogen-bond acceptors (Lipinski definition) is 7. The summed E-state index contributed by atoms with van der Waals surface area (Å²) in [4.78, 5) is 20.1. The molecule has 2 aromatic rings. The number of thioether (sulfide) groups is 1. The molecule has 2 saturated heterocycles. The van der Waals surface area contributed by atoms with Crippen LogP contribution in [0.1, 0.15) is 34.5 Å². The van der Waals surface area contributed by atoms with Crippen molar-refractivity contribution in [2.45, 2.75) is 30.7 Å². The quantitative estimate of drug-likeness (QED) is 0.705. The third-order valence-electron chi connectivity index (χ3n) is 5.39. The minimum Gasteiger partial charge on any atom is -0.356 e. The van der Waals surface area contributed by atoms with E-state index in [1.807, 2.05) is 12.1 Å². The van der Waals surface area contributed by atoms with E-state index in [1.54, 1.807) is 29.4 Å². The summed E-state index contributed by atoms with van der Waals surface area (Å²) in [5.74, 6) is 2.11. The van der Waals surface area contributed by atoms with E-state index in [2.05, 4.69) is 15.2 Å². The van der Waals surface area contributed by atoms with Crippen molar-refractivity contribution in [3.05, 3.63) is 40.2 Å². The topological polar surface area (TPSA) is 82.6 Å². The van der Waals surface area contributed by atoms with Gasteiger partial charge in [0.05, 0.1) is 0 Å². The smallest absolute Gasteiger partial charge is 0.263 e. The van der Waals surface area contributed by atoms with Crippen molar-refractivity contribution >= 4 is 44.8 Å². The van der Waals surface area contributed by atoms with Crippen LogP contribution in [-0.4, -0.2) is 61.3 Å². The number of sulfonamides is 1. The molecule has 1 amide bonds. The van der Waals surface area contributed by atoms with Gasteiger partial charge >= 0.3 is 0 Å². The highest BCUT2D eigenvalue weighted by Crippen LogP contribution is 2.27. The fourth-order valence-electron chi connectivity index (χ4n) is 3.81. The minimum atomic E-state index is -3.65. The largest absolute Gasteiger partial charge is 0.356 e. The number of aromatic nitrogens is 1. The molecule has 2 aromatic heterocycles. The summed E-state index contributed by atoms with van der Waals surface area (Å²) in [5, 5.41) is 4.58. The number of pyridine rings is 1. The normalized spacial score (nSPS) is 18.3. The molecule has 0 aromatic carbocycles. The first-order chi connectivity index (χ1) is 14.6. The zero-order valence-corrected chi connectivity index (χ0v) is 19.2. The van der Waals surface area contributed by atoms with E-state index in [1.165, 1.54) is 22.1 Å². The van der Waals surface area contributed by atoms with Crippen LogP contribution < -0.4 is 10.2 Å². The molecule has 2 aliphatic rings. The minimum absolute atomic E-state index is 0.111. The Balaban J connectivity index is 1.48. The lowest BCUT2D eigenvalue weighted by atomic mass is 10.1. The van der Waals surface area contributed by atoms with Gasteiger partial charge in [0.2, 0.25) is 10.0 Å². The summed E-state index contributed by atoms with van der Waals surface area (Å²) in [5.41, 5.74) is 0.946. The summed E-state index contributed by atoms with van der Waals surface area (Å²) in [6.45, 7) is 3.23. The monoisotopic (exact) mass is 466 g/mol. The number of nitrogens with one attached hydrogen (secondary N) is 1. The zero-order chi connectivity index (χ0) is 21.0. The van der Waals surface area contributed by atoms with Crippen molar-refractivity contribution in [2.75, 3.05) is 42.6 Å². The first-order valence-electron chi connectivity index (χ1n) is 10.2. The number of anilines is 1. The van der Waals surface area contributed by atoms with Gasteiger partial charge in [-0.15, -0.1) is 11.3 Å². The number of piperidine rings is 1. The predicted molar refractivity (Wildman–Crippen MR) is 122 cm³/mol. The maximum absolute atomic E-state index is 13.0. The number of carbonyl (C=O) groups is 1. The highest BCUT2D eigenvalue weighted by molar-refractivity contribution is 7.99. The summed E-state index contributed by atoms with van der Waals surface area (Å²) in [6.07, 6.45) is 5.30. The van der Waals surface area contributed by atoms with Crippen LogP contribution in [0.25, 0.3) is 0 Å². The van der Waals surface area contributed by atoms with Crippen LogP contribution in [0.3, 0.4) is 0 Å². The average molecular weight is 467 g/mol. The van der Waals surface area contributed by atoms with E-state index in [9.17, 15) is 13.2 Å². The molecular formula is C20H26N4O3S3.